The predicted molar refractivity (Wildman–Crippen MR) is 83.2 cm³/mol. The molecular formula is C16H12ClN3O2. The van der Waals surface area contributed by atoms with Crippen LogP contribution in [0.1, 0.15) is 5.56 Å². The Hall–Kier alpha value is -2.71. The zero-order chi connectivity index (χ0) is 15.5. The van der Waals surface area contributed by atoms with Crippen LogP contribution in [-0.4, -0.2) is 12.6 Å². The predicted octanol–water partition coefficient (Wildman–Crippen LogP) is 3.69. The zero-order valence-electron chi connectivity index (χ0n) is 11.5. The first-order valence-corrected chi connectivity index (χ1v) is 7.04. The van der Waals surface area contributed by atoms with Crippen LogP contribution in [0, 0.1) is 11.3 Å². The van der Waals surface area contributed by atoms with Gasteiger partial charge in [-0.2, -0.15) is 5.26 Å². The molecule has 0 saturated heterocycles. The second kappa shape index (κ2) is 5.96. The number of ether oxygens (including phenoxy) is 1. The minimum Gasteiger partial charge on any atom is -0.455 e. The molecule has 0 unspecified atom stereocenters. The summed E-state index contributed by atoms with van der Waals surface area (Å²) in [7, 11) is 0. The molecule has 0 aliphatic carbocycles. The van der Waals surface area contributed by atoms with E-state index < -0.39 is 0 Å². The van der Waals surface area contributed by atoms with Crippen LogP contribution in [0.15, 0.2) is 42.5 Å². The molecule has 0 bridgehead atoms. The molecule has 0 spiro atoms. The highest BCUT2D eigenvalue weighted by molar-refractivity contribution is 6.31. The molecule has 0 fully saturated rings. The van der Waals surface area contributed by atoms with Crippen molar-refractivity contribution in [3.63, 3.8) is 0 Å². The SMILES string of the molecule is N#CCNC(=O)N1Cc2ccccc2Oc2ccc(Cl)cc21. The maximum absolute atomic E-state index is 12.4. The van der Waals surface area contributed by atoms with Crippen LogP contribution < -0.4 is 15.0 Å². The maximum atomic E-state index is 12.4. The van der Waals surface area contributed by atoms with Gasteiger partial charge in [-0.3, -0.25) is 4.90 Å². The quantitative estimate of drug-likeness (QED) is 0.817. The summed E-state index contributed by atoms with van der Waals surface area (Å²) >= 11 is 6.05. The molecule has 1 heterocycles. The fourth-order valence-corrected chi connectivity index (χ4v) is 2.45. The third kappa shape index (κ3) is 2.69. The van der Waals surface area contributed by atoms with Gasteiger partial charge in [0, 0.05) is 10.6 Å². The normalized spacial score (nSPS) is 12.3. The average Bonchev–Trinajstić information content (AvgIpc) is 2.69. The topological polar surface area (TPSA) is 65.4 Å². The molecule has 3 rings (SSSR count). The fourth-order valence-electron chi connectivity index (χ4n) is 2.29. The molecule has 0 aromatic heterocycles. The third-order valence-corrected chi connectivity index (χ3v) is 3.53. The minimum absolute atomic E-state index is 0.0618. The smallest absolute Gasteiger partial charge is 0.323 e. The second-order valence-electron chi connectivity index (χ2n) is 4.72. The van der Waals surface area contributed by atoms with Gasteiger partial charge in [-0.05, 0) is 24.3 Å². The van der Waals surface area contributed by atoms with Crippen molar-refractivity contribution in [2.75, 3.05) is 11.4 Å². The van der Waals surface area contributed by atoms with Crippen LogP contribution in [0.3, 0.4) is 0 Å². The number of nitrogens with zero attached hydrogens (tertiary/aromatic N) is 2. The number of nitrogens with one attached hydrogen (secondary N) is 1. The number of carbonyl (C=O) groups excluding carboxylic acids is 1. The number of fused-ring (bicyclic) bond motifs is 2. The van der Waals surface area contributed by atoms with Gasteiger partial charge in [0.2, 0.25) is 0 Å². The Morgan fingerprint density at radius 2 is 2.14 bits per heavy atom. The number of para-hydroxylation sites is 1. The molecule has 0 saturated carbocycles. The molecule has 2 aromatic rings. The first-order valence-electron chi connectivity index (χ1n) is 6.66. The zero-order valence-corrected chi connectivity index (χ0v) is 12.3. The Bertz CT molecular complexity index is 770. The summed E-state index contributed by atoms with van der Waals surface area (Å²) in [4.78, 5) is 13.9. The van der Waals surface area contributed by atoms with Crippen LogP contribution in [-0.2, 0) is 6.54 Å². The first kappa shape index (κ1) is 14.2. The molecule has 6 heteroatoms. The van der Waals surface area contributed by atoms with Gasteiger partial charge >= 0.3 is 6.03 Å². The molecule has 1 aliphatic heterocycles. The van der Waals surface area contributed by atoms with Gasteiger partial charge in [-0.25, -0.2) is 4.79 Å². The van der Waals surface area contributed by atoms with E-state index in [4.69, 9.17) is 21.6 Å². The average molecular weight is 314 g/mol. The Morgan fingerprint density at radius 1 is 1.32 bits per heavy atom. The number of benzene rings is 2. The molecule has 2 aromatic carbocycles. The monoisotopic (exact) mass is 313 g/mol. The summed E-state index contributed by atoms with van der Waals surface area (Å²) in [5, 5.41) is 11.7. The Kier molecular flexibility index (Phi) is 3.86. The van der Waals surface area contributed by atoms with Crippen molar-refractivity contribution in [2.45, 2.75) is 6.54 Å². The Balaban J connectivity index is 2.06. The lowest BCUT2D eigenvalue weighted by Crippen LogP contribution is -2.39. The van der Waals surface area contributed by atoms with Crippen LogP contribution >= 0.6 is 11.6 Å². The highest BCUT2D eigenvalue weighted by atomic mass is 35.5. The van der Waals surface area contributed by atoms with E-state index in [1.165, 1.54) is 4.90 Å². The second-order valence-corrected chi connectivity index (χ2v) is 5.16. The molecule has 110 valence electrons. The van der Waals surface area contributed by atoms with Crippen molar-refractivity contribution < 1.29 is 9.53 Å². The van der Waals surface area contributed by atoms with Crippen molar-refractivity contribution in [3.05, 3.63) is 53.1 Å². The van der Waals surface area contributed by atoms with Gasteiger partial charge in [-0.15, -0.1) is 0 Å². The fraction of sp³-hybridized carbons (Fsp3) is 0.125. The van der Waals surface area contributed by atoms with Gasteiger partial charge < -0.3 is 10.1 Å². The van der Waals surface area contributed by atoms with E-state index >= 15 is 0 Å². The van der Waals surface area contributed by atoms with Crippen molar-refractivity contribution in [2.24, 2.45) is 0 Å². The van der Waals surface area contributed by atoms with E-state index in [-0.39, 0.29) is 12.6 Å². The van der Waals surface area contributed by atoms with E-state index in [0.717, 1.165) is 5.56 Å². The van der Waals surface area contributed by atoms with Gasteiger partial charge in [0.1, 0.15) is 12.3 Å². The Labute approximate surface area is 132 Å². The molecule has 1 N–H and O–H groups in total. The number of halogens is 1. The van der Waals surface area contributed by atoms with Crippen LogP contribution in [0.2, 0.25) is 5.02 Å². The number of carbonyl (C=O) groups is 1. The molecule has 22 heavy (non-hydrogen) atoms. The highest BCUT2D eigenvalue weighted by Gasteiger charge is 2.25. The van der Waals surface area contributed by atoms with E-state index in [9.17, 15) is 4.79 Å². The highest BCUT2D eigenvalue weighted by Crippen LogP contribution is 2.40. The number of urea groups is 1. The van der Waals surface area contributed by atoms with Crippen LogP contribution in [0.25, 0.3) is 0 Å². The standard InChI is InChI=1S/C16H12ClN3O2/c17-12-5-6-15-13(9-12)20(16(21)19-8-7-18)10-11-3-1-2-4-14(11)22-15/h1-6,9H,8,10H2,(H,19,21). The maximum Gasteiger partial charge on any atom is 0.323 e. The summed E-state index contributed by atoms with van der Waals surface area (Å²) in [6, 6.07) is 14.1. The number of anilines is 1. The lowest BCUT2D eigenvalue weighted by molar-refractivity contribution is 0.247. The Morgan fingerprint density at radius 3 is 2.95 bits per heavy atom. The number of amides is 2. The van der Waals surface area contributed by atoms with Crippen molar-refractivity contribution >= 4 is 23.3 Å². The summed E-state index contributed by atoms with van der Waals surface area (Å²) < 4.78 is 5.90. The number of nitriles is 1. The summed E-state index contributed by atoms with van der Waals surface area (Å²) in [5.74, 6) is 1.24. The molecule has 2 amide bonds. The minimum atomic E-state index is -0.370. The van der Waals surface area contributed by atoms with Gasteiger partial charge in [0.05, 0.1) is 18.3 Å². The molecule has 1 aliphatic rings. The summed E-state index contributed by atoms with van der Waals surface area (Å²) in [6.07, 6.45) is 0. The van der Waals surface area contributed by atoms with E-state index in [1.54, 1.807) is 18.2 Å². The molecule has 0 radical (unpaired) electrons. The van der Waals surface area contributed by atoms with E-state index in [1.807, 2.05) is 30.3 Å². The van der Waals surface area contributed by atoms with Gasteiger partial charge in [-0.1, -0.05) is 29.8 Å². The summed E-state index contributed by atoms with van der Waals surface area (Å²) in [5.41, 5.74) is 1.45. The first-order chi connectivity index (χ1) is 10.7. The molecular weight excluding hydrogens is 302 g/mol. The third-order valence-electron chi connectivity index (χ3n) is 3.30. The number of hydrogen-bond acceptors (Lipinski definition) is 3. The lowest BCUT2D eigenvalue weighted by Gasteiger charge is -2.22. The van der Waals surface area contributed by atoms with E-state index in [2.05, 4.69) is 5.32 Å². The molecule has 0 atom stereocenters. The van der Waals surface area contributed by atoms with Gasteiger partial charge in [0.15, 0.2) is 5.75 Å². The largest absolute Gasteiger partial charge is 0.455 e. The molecule has 5 nitrogen and oxygen atoms in total. The number of hydrogen-bond donors (Lipinski definition) is 1. The lowest BCUT2D eigenvalue weighted by atomic mass is 10.2. The van der Waals surface area contributed by atoms with Gasteiger partial charge in [0.25, 0.3) is 0 Å². The van der Waals surface area contributed by atoms with Crippen LogP contribution in [0.5, 0.6) is 11.5 Å². The summed E-state index contributed by atoms with van der Waals surface area (Å²) in [6.45, 7) is 0.272. The number of rotatable bonds is 1. The van der Waals surface area contributed by atoms with Crippen molar-refractivity contribution in [1.29, 1.82) is 5.26 Å². The van der Waals surface area contributed by atoms with Crippen LogP contribution in [0.4, 0.5) is 10.5 Å². The van der Waals surface area contributed by atoms with E-state index in [0.29, 0.717) is 28.8 Å². The van der Waals surface area contributed by atoms with Crippen molar-refractivity contribution in [3.8, 4) is 17.6 Å². The van der Waals surface area contributed by atoms with Crippen molar-refractivity contribution in [1.82, 2.24) is 5.32 Å².